The molecule has 0 aliphatic rings. The maximum atomic E-state index is 12.7. The third kappa shape index (κ3) is 2.53. The molecule has 0 radical (unpaired) electrons. The Balaban J connectivity index is 1.96. The number of aryl methyl sites for hydroxylation is 1. The van der Waals surface area contributed by atoms with Crippen LogP contribution < -0.4 is 5.32 Å². The van der Waals surface area contributed by atoms with Gasteiger partial charge in [-0.25, -0.2) is 15.0 Å². The van der Waals surface area contributed by atoms with Crippen molar-refractivity contribution in [3.8, 4) is 0 Å². The van der Waals surface area contributed by atoms with Crippen molar-refractivity contribution < 1.29 is 8.81 Å². The van der Waals surface area contributed by atoms with Gasteiger partial charge in [0.05, 0.1) is 12.7 Å². The molecule has 1 N–H and O–H groups in total. The van der Waals surface area contributed by atoms with Crippen LogP contribution in [0.1, 0.15) is 18.6 Å². The molecular formula is C10H11FN4O. The molecule has 0 atom stereocenters. The molecule has 2 aromatic heterocycles. The Hall–Kier alpha value is -1.98. The number of rotatable bonds is 4. The average Bonchev–Trinajstić information content (AvgIpc) is 2.74. The van der Waals surface area contributed by atoms with Crippen molar-refractivity contribution in [2.75, 3.05) is 5.32 Å². The van der Waals surface area contributed by atoms with Gasteiger partial charge in [0.25, 0.3) is 0 Å². The van der Waals surface area contributed by atoms with Crippen molar-refractivity contribution in [3.63, 3.8) is 0 Å². The normalized spacial score (nSPS) is 10.4. The molecule has 6 heteroatoms. The molecule has 0 bridgehead atoms. The number of nitrogens with zero attached hydrogens (tertiary/aromatic N) is 3. The fourth-order valence-corrected chi connectivity index (χ4v) is 1.19. The average molecular weight is 222 g/mol. The molecule has 0 amide bonds. The minimum atomic E-state index is -0.570. The summed E-state index contributed by atoms with van der Waals surface area (Å²) in [4.78, 5) is 11.3. The molecule has 2 rings (SSSR count). The molecule has 2 aromatic rings. The van der Waals surface area contributed by atoms with Crippen LogP contribution in [0, 0.1) is 5.95 Å². The third-order valence-electron chi connectivity index (χ3n) is 2.00. The summed E-state index contributed by atoms with van der Waals surface area (Å²) in [7, 11) is 0. The topological polar surface area (TPSA) is 63.8 Å². The van der Waals surface area contributed by atoms with Crippen LogP contribution in [-0.2, 0) is 13.0 Å². The number of hydrogen-bond donors (Lipinski definition) is 1. The van der Waals surface area contributed by atoms with Gasteiger partial charge in [0.1, 0.15) is 17.9 Å². The first-order valence-electron chi connectivity index (χ1n) is 4.93. The maximum absolute atomic E-state index is 12.7. The van der Waals surface area contributed by atoms with Crippen LogP contribution in [0.25, 0.3) is 0 Å². The maximum Gasteiger partial charge on any atom is 0.217 e. The first kappa shape index (κ1) is 10.5. The summed E-state index contributed by atoms with van der Waals surface area (Å²) in [5.74, 6) is 1.21. The van der Waals surface area contributed by atoms with Gasteiger partial charge in [-0.1, -0.05) is 6.92 Å². The summed E-state index contributed by atoms with van der Waals surface area (Å²) in [6, 6.07) is 1.21. The Labute approximate surface area is 91.8 Å². The van der Waals surface area contributed by atoms with Gasteiger partial charge in [0.15, 0.2) is 0 Å². The molecule has 0 saturated heterocycles. The van der Waals surface area contributed by atoms with Crippen molar-refractivity contribution in [1.82, 2.24) is 15.0 Å². The Bertz CT molecular complexity index is 471. The summed E-state index contributed by atoms with van der Waals surface area (Å²) in [5, 5.41) is 2.89. The van der Waals surface area contributed by atoms with E-state index in [0.717, 1.165) is 18.5 Å². The summed E-state index contributed by atoms with van der Waals surface area (Å²) >= 11 is 0. The zero-order valence-corrected chi connectivity index (χ0v) is 8.77. The first-order valence-corrected chi connectivity index (χ1v) is 4.93. The second kappa shape index (κ2) is 4.69. The predicted molar refractivity (Wildman–Crippen MR) is 55.2 cm³/mol. The van der Waals surface area contributed by atoms with Gasteiger partial charge in [-0.05, 0) is 0 Å². The van der Waals surface area contributed by atoms with Crippen molar-refractivity contribution in [1.29, 1.82) is 0 Å². The van der Waals surface area contributed by atoms with Gasteiger partial charge < -0.3 is 9.73 Å². The molecule has 16 heavy (non-hydrogen) atoms. The van der Waals surface area contributed by atoms with E-state index in [1.807, 2.05) is 6.92 Å². The number of aromatic nitrogens is 3. The second-order valence-electron chi connectivity index (χ2n) is 3.15. The summed E-state index contributed by atoms with van der Waals surface area (Å²) in [5.41, 5.74) is 0. The fraction of sp³-hybridized carbons (Fsp3) is 0.300. The molecule has 0 spiro atoms. The Morgan fingerprint density at radius 2 is 2.25 bits per heavy atom. The molecule has 5 nitrogen and oxygen atoms in total. The standard InChI is InChI=1S/C10H11FN4O/c1-2-7-4-13-10(16-7)5-12-9-3-8(11)14-6-15-9/h3-4,6H,2,5H2,1H3,(H,12,14,15). The lowest BCUT2D eigenvalue weighted by Crippen LogP contribution is -2.02. The van der Waals surface area contributed by atoms with E-state index in [-0.39, 0.29) is 0 Å². The van der Waals surface area contributed by atoms with Crippen LogP contribution in [0.2, 0.25) is 0 Å². The molecule has 0 aromatic carbocycles. The molecule has 0 aliphatic heterocycles. The van der Waals surface area contributed by atoms with Gasteiger partial charge in [0, 0.05) is 12.5 Å². The van der Waals surface area contributed by atoms with E-state index in [2.05, 4.69) is 20.3 Å². The van der Waals surface area contributed by atoms with Crippen molar-refractivity contribution >= 4 is 5.82 Å². The number of halogens is 1. The molecule has 84 valence electrons. The number of hydrogen-bond acceptors (Lipinski definition) is 5. The third-order valence-corrected chi connectivity index (χ3v) is 2.00. The molecule has 2 heterocycles. The Kier molecular flexibility index (Phi) is 3.09. The first-order chi connectivity index (χ1) is 7.78. The minimum Gasteiger partial charge on any atom is -0.444 e. The highest BCUT2D eigenvalue weighted by Crippen LogP contribution is 2.07. The zero-order valence-electron chi connectivity index (χ0n) is 8.77. The second-order valence-corrected chi connectivity index (χ2v) is 3.15. The van der Waals surface area contributed by atoms with Crippen LogP contribution >= 0.6 is 0 Å². The van der Waals surface area contributed by atoms with Crippen LogP contribution in [0.15, 0.2) is 23.0 Å². The highest BCUT2D eigenvalue weighted by molar-refractivity contribution is 5.31. The van der Waals surface area contributed by atoms with Gasteiger partial charge in [-0.2, -0.15) is 4.39 Å². The molecule has 0 aliphatic carbocycles. The number of anilines is 1. The van der Waals surface area contributed by atoms with Gasteiger partial charge in [-0.15, -0.1) is 0 Å². The van der Waals surface area contributed by atoms with E-state index < -0.39 is 5.95 Å². The monoisotopic (exact) mass is 222 g/mol. The van der Waals surface area contributed by atoms with Crippen molar-refractivity contribution in [3.05, 3.63) is 36.2 Å². The van der Waals surface area contributed by atoms with E-state index in [1.165, 1.54) is 6.07 Å². The van der Waals surface area contributed by atoms with Crippen LogP contribution in [0.4, 0.5) is 10.2 Å². The van der Waals surface area contributed by atoms with E-state index in [1.54, 1.807) is 6.20 Å². The minimum absolute atomic E-state index is 0.371. The summed E-state index contributed by atoms with van der Waals surface area (Å²) in [6.45, 7) is 2.36. The van der Waals surface area contributed by atoms with E-state index in [4.69, 9.17) is 4.42 Å². The quantitative estimate of drug-likeness (QED) is 0.799. The van der Waals surface area contributed by atoms with E-state index in [9.17, 15) is 4.39 Å². The molecule has 0 fully saturated rings. The van der Waals surface area contributed by atoms with Crippen molar-refractivity contribution in [2.24, 2.45) is 0 Å². The summed E-state index contributed by atoms with van der Waals surface area (Å²) in [6.07, 6.45) is 3.64. The van der Waals surface area contributed by atoms with Crippen LogP contribution in [0.5, 0.6) is 0 Å². The highest BCUT2D eigenvalue weighted by Gasteiger charge is 2.03. The van der Waals surface area contributed by atoms with Crippen LogP contribution in [0.3, 0.4) is 0 Å². The molecule has 0 unspecified atom stereocenters. The number of nitrogens with one attached hydrogen (secondary N) is 1. The summed E-state index contributed by atoms with van der Waals surface area (Å²) < 4.78 is 18.1. The van der Waals surface area contributed by atoms with Crippen LogP contribution in [-0.4, -0.2) is 15.0 Å². The van der Waals surface area contributed by atoms with Gasteiger partial charge in [0.2, 0.25) is 11.8 Å². The predicted octanol–water partition coefficient (Wildman–Crippen LogP) is 1.78. The zero-order chi connectivity index (χ0) is 11.4. The Morgan fingerprint density at radius 1 is 1.38 bits per heavy atom. The smallest absolute Gasteiger partial charge is 0.217 e. The number of oxazole rings is 1. The largest absolute Gasteiger partial charge is 0.444 e. The molecule has 0 saturated carbocycles. The highest BCUT2D eigenvalue weighted by atomic mass is 19.1. The van der Waals surface area contributed by atoms with E-state index >= 15 is 0 Å². The van der Waals surface area contributed by atoms with Crippen molar-refractivity contribution in [2.45, 2.75) is 19.9 Å². The molecular weight excluding hydrogens is 211 g/mol. The lowest BCUT2D eigenvalue weighted by atomic mass is 10.4. The van der Waals surface area contributed by atoms with Gasteiger partial charge >= 0.3 is 0 Å². The Morgan fingerprint density at radius 3 is 2.94 bits per heavy atom. The van der Waals surface area contributed by atoms with Gasteiger partial charge in [-0.3, -0.25) is 0 Å². The fourth-order valence-electron chi connectivity index (χ4n) is 1.19. The lowest BCUT2D eigenvalue weighted by molar-refractivity contribution is 0.465. The SMILES string of the molecule is CCc1cnc(CNc2cc(F)ncn2)o1. The van der Waals surface area contributed by atoms with E-state index in [0.29, 0.717) is 18.3 Å². The lowest BCUT2D eigenvalue weighted by Gasteiger charge is -2.01.